The van der Waals surface area contributed by atoms with Crippen molar-refractivity contribution in [2.24, 2.45) is 0 Å². The fourth-order valence-corrected chi connectivity index (χ4v) is 3.30. The molecule has 2 nitrogen and oxygen atoms in total. The van der Waals surface area contributed by atoms with Gasteiger partial charge in [-0.1, -0.05) is 59.6 Å². The number of nitrogens with zero attached hydrogens (tertiary/aromatic N) is 1. The summed E-state index contributed by atoms with van der Waals surface area (Å²) in [5.41, 5.74) is 1.37. The zero-order valence-electron chi connectivity index (χ0n) is 12.3. The van der Waals surface area contributed by atoms with E-state index >= 15 is 0 Å². The molecule has 0 atom stereocenters. The van der Waals surface area contributed by atoms with Crippen molar-refractivity contribution in [1.82, 2.24) is 4.90 Å². The molecular weight excluding hydrogens is 317 g/mol. The number of hydrogen-bond acceptors (Lipinski definition) is 2. The van der Waals surface area contributed by atoms with Crippen molar-refractivity contribution in [2.75, 3.05) is 13.1 Å². The summed E-state index contributed by atoms with van der Waals surface area (Å²) < 4.78 is 0. The molecule has 0 saturated carbocycles. The van der Waals surface area contributed by atoms with E-state index in [1.807, 2.05) is 12.1 Å². The molecule has 4 heteroatoms. The fourth-order valence-electron chi connectivity index (χ4n) is 3.00. The van der Waals surface area contributed by atoms with Crippen LogP contribution in [0.3, 0.4) is 0 Å². The maximum atomic E-state index is 10.9. The molecule has 1 N–H and O–H groups in total. The lowest BCUT2D eigenvalue weighted by atomic mass is 9.84. The van der Waals surface area contributed by atoms with Crippen molar-refractivity contribution in [3.63, 3.8) is 0 Å². The van der Waals surface area contributed by atoms with Crippen LogP contribution in [0.5, 0.6) is 0 Å². The van der Waals surface area contributed by atoms with Gasteiger partial charge in [0.15, 0.2) is 0 Å². The number of rotatable bonds is 3. The van der Waals surface area contributed by atoms with Crippen molar-refractivity contribution in [3.8, 4) is 0 Å². The molecule has 116 valence electrons. The molecule has 1 aliphatic rings. The summed E-state index contributed by atoms with van der Waals surface area (Å²) in [6, 6.07) is 15.9. The van der Waals surface area contributed by atoms with E-state index in [2.05, 4.69) is 29.2 Å². The number of piperidine rings is 1. The van der Waals surface area contributed by atoms with Crippen LogP contribution in [0.2, 0.25) is 10.0 Å². The van der Waals surface area contributed by atoms with Crippen LogP contribution < -0.4 is 0 Å². The zero-order chi connectivity index (χ0) is 15.6. The van der Waals surface area contributed by atoms with Gasteiger partial charge in [-0.05, 0) is 36.1 Å². The summed E-state index contributed by atoms with van der Waals surface area (Å²) in [7, 11) is 0. The number of benzene rings is 2. The first-order chi connectivity index (χ1) is 10.6. The lowest BCUT2D eigenvalue weighted by Crippen LogP contribution is -2.42. The summed E-state index contributed by atoms with van der Waals surface area (Å²) in [6.07, 6.45) is 1.41. The highest BCUT2D eigenvalue weighted by Gasteiger charge is 2.34. The maximum absolute atomic E-state index is 10.9. The largest absolute Gasteiger partial charge is 0.385 e. The summed E-state index contributed by atoms with van der Waals surface area (Å²) in [4.78, 5) is 2.38. The Morgan fingerprint density at radius 1 is 0.955 bits per heavy atom. The van der Waals surface area contributed by atoms with E-state index in [-0.39, 0.29) is 0 Å². The topological polar surface area (TPSA) is 23.5 Å². The van der Waals surface area contributed by atoms with Crippen LogP contribution in [-0.4, -0.2) is 23.1 Å². The third kappa shape index (κ3) is 3.47. The fraction of sp³-hybridized carbons (Fsp3) is 0.333. The normalized spacial score (nSPS) is 18.3. The zero-order valence-corrected chi connectivity index (χ0v) is 13.8. The minimum absolute atomic E-state index is 0.499. The molecule has 3 rings (SSSR count). The van der Waals surface area contributed by atoms with E-state index in [4.69, 9.17) is 23.2 Å². The molecule has 1 fully saturated rings. The molecule has 0 bridgehead atoms. The monoisotopic (exact) mass is 335 g/mol. The molecule has 0 radical (unpaired) electrons. The second-order valence-electron chi connectivity index (χ2n) is 5.92. The van der Waals surface area contributed by atoms with Crippen LogP contribution in [-0.2, 0) is 12.1 Å². The highest BCUT2D eigenvalue weighted by Crippen LogP contribution is 2.36. The molecule has 0 spiro atoms. The molecule has 1 aliphatic heterocycles. The minimum atomic E-state index is -0.804. The van der Waals surface area contributed by atoms with Crippen molar-refractivity contribution in [1.29, 1.82) is 0 Å². The van der Waals surface area contributed by atoms with E-state index in [9.17, 15) is 5.11 Å². The Morgan fingerprint density at radius 3 is 2.27 bits per heavy atom. The van der Waals surface area contributed by atoms with Gasteiger partial charge in [-0.25, -0.2) is 0 Å². The Kier molecular flexibility index (Phi) is 4.74. The van der Waals surface area contributed by atoms with E-state index < -0.39 is 5.60 Å². The average Bonchev–Trinajstić information content (AvgIpc) is 2.53. The highest BCUT2D eigenvalue weighted by atomic mass is 35.5. The van der Waals surface area contributed by atoms with Gasteiger partial charge in [0, 0.05) is 19.6 Å². The summed E-state index contributed by atoms with van der Waals surface area (Å²) in [5.74, 6) is 0. The van der Waals surface area contributed by atoms with Crippen LogP contribution in [0.15, 0.2) is 48.5 Å². The average molecular weight is 336 g/mol. The number of aliphatic hydroxyl groups is 1. The Morgan fingerprint density at radius 2 is 1.64 bits per heavy atom. The first kappa shape index (κ1) is 15.8. The predicted molar refractivity (Wildman–Crippen MR) is 91.3 cm³/mol. The van der Waals surface area contributed by atoms with Gasteiger partial charge in [0.1, 0.15) is 0 Å². The second kappa shape index (κ2) is 6.59. The SMILES string of the molecule is OC1(c2ccc(Cl)c(Cl)c2)CCN(Cc2ccccc2)CC1. The highest BCUT2D eigenvalue weighted by molar-refractivity contribution is 6.42. The van der Waals surface area contributed by atoms with Crippen molar-refractivity contribution < 1.29 is 5.11 Å². The predicted octanol–water partition coefficient (Wildman–Crippen LogP) is 4.48. The summed E-state index contributed by atoms with van der Waals surface area (Å²) in [5, 5.41) is 11.9. The van der Waals surface area contributed by atoms with Gasteiger partial charge in [0.2, 0.25) is 0 Å². The first-order valence-electron chi connectivity index (χ1n) is 7.51. The van der Waals surface area contributed by atoms with Crippen molar-refractivity contribution >= 4 is 23.2 Å². The molecule has 1 heterocycles. The smallest absolute Gasteiger partial charge is 0.0921 e. The van der Waals surface area contributed by atoms with E-state index in [0.29, 0.717) is 22.9 Å². The molecule has 0 unspecified atom stereocenters. The lowest BCUT2D eigenvalue weighted by molar-refractivity contribution is -0.0277. The molecule has 22 heavy (non-hydrogen) atoms. The van der Waals surface area contributed by atoms with Crippen LogP contribution in [0.25, 0.3) is 0 Å². The van der Waals surface area contributed by atoms with Gasteiger partial charge in [-0.3, -0.25) is 4.90 Å². The van der Waals surface area contributed by atoms with Crippen LogP contribution in [0, 0.1) is 0 Å². The first-order valence-corrected chi connectivity index (χ1v) is 8.27. The minimum Gasteiger partial charge on any atom is -0.385 e. The van der Waals surface area contributed by atoms with Crippen LogP contribution >= 0.6 is 23.2 Å². The van der Waals surface area contributed by atoms with E-state index in [0.717, 1.165) is 25.2 Å². The molecule has 1 saturated heterocycles. The van der Waals surface area contributed by atoms with Crippen molar-refractivity contribution in [2.45, 2.75) is 25.0 Å². The number of halogens is 2. The summed E-state index contributed by atoms with van der Waals surface area (Å²) >= 11 is 12.0. The molecule has 0 amide bonds. The standard InChI is InChI=1S/C18H19Cl2NO/c19-16-7-6-15(12-17(16)20)18(22)8-10-21(11-9-18)13-14-4-2-1-3-5-14/h1-7,12,22H,8-11,13H2. The summed E-state index contributed by atoms with van der Waals surface area (Å²) in [6.45, 7) is 2.66. The Labute approximate surface area is 141 Å². The van der Waals surface area contributed by atoms with E-state index in [1.165, 1.54) is 5.56 Å². The Bertz CT molecular complexity index is 637. The second-order valence-corrected chi connectivity index (χ2v) is 6.74. The van der Waals surface area contributed by atoms with Crippen LogP contribution in [0.4, 0.5) is 0 Å². The molecule has 2 aromatic rings. The molecule has 2 aromatic carbocycles. The van der Waals surface area contributed by atoms with Gasteiger partial charge in [0.25, 0.3) is 0 Å². The lowest BCUT2D eigenvalue weighted by Gasteiger charge is -2.38. The number of likely N-dealkylation sites (tertiary alicyclic amines) is 1. The van der Waals surface area contributed by atoms with Crippen molar-refractivity contribution in [3.05, 3.63) is 69.7 Å². The maximum Gasteiger partial charge on any atom is 0.0921 e. The Balaban J connectivity index is 1.66. The molecule has 0 aliphatic carbocycles. The third-order valence-corrected chi connectivity index (χ3v) is 5.13. The van der Waals surface area contributed by atoms with Gasteiger partial charge < -0.3 is 5.11 Å². The van der Waals surface area contributed by atoms with E-state index in [1.54, 1.807) is 12.1 Å². The number of hydrogen-bond donors (Lipinski definition) is 1. The Hall–Kier alpha value is -1.06. The van der Waals surface area contributed by atoms with Gasteiger partial charge in [-0.15, -0.1) is 0 Å². The van der Waals surface area contributed by atoms with Crippen LogP contribution in [0.1, 0.15) is 24.0 Å². The molecular formula is C18H19Cl2NO. The van der Waals surface area contributed by atoms with Gasteiger partial charge >= 0.3 is 0 Å². The quantitative estimate of drug-likeness (QED) is 0.893. The van der Waals surface area contributed by atoms with Gasteiger partial charge in [0.05, 0.1) is 15.6 Å². The van der Waals surface area contributed by atoms with Gasteiger partial charge in [-0.2, -0.15) is 0 Å². The third-order valence-electron chi connectivity index (χ3n) is 4.39. The molecule has 0 aromatic heterocycles.